The number of hydrogen-bond donors (Lipinski definition) is 0. The fraction of sp³-hybridized carbons (Fsp3) is 0.462. The van der Waals surface area contributed by atoms with Crippen LogP contribution in [0.25, 0.3) is 0 Å². The van der Waals surface area contributed by atoms with Crippen LogP contribution in [0.4, 0.5) is 0 Å². The summed E-state index contributed by atoms with van der Waals surface area (Å²) in [5.74, 6) is -0.235. The van der Waals surface area contributed by atoms with Crippen LogP contribution < -0.4 is 4.74 Å². The lowest BCUT2D eigenvalue weighted by Crippen LogP contribution is -2.33. The van der Waals surface area contributed by atoms with Crippen LogP contribution in [0.15, 0.2) is 24.3 Å². The summed E-state index contributed by atoms with van der Waals surface area (Å²) in [4.78, 5) is 11.9. The molecule has 0 fully saturated rings. The first-order chi connectivity index (χ1) is 8.17. The zero-order valence-electron chi connectivity index (χ0n) is 11.1. The SMILES string of the molecule is COc1ccc(C(=O)CS(=O)(=O)C(C)(C)C)cc1. The molecule has 18 heavy (non-hydrogen) atoms. The van der Waals surface area contributed by atoms with E-state index < -0.39 is 26.1 Å². The van der Waals surface area contributed by atoms with Crippen molar-refractivity contribution >= 4 is 15.6 Å². The molecule has 1 aromatic carbocycles. The highest BCUT2D eigenvalue weighted by molar-refractivity contribution is 7.93. The molecule has 0 N–H and O–H groups in total. The molecule has 0 aromatic heterocycles. The van der Waals surface area contributed by atoms with Crippen molar-refractivity contribution in [3.05, 3.63) is 29.8 Å². The second-order valence-corrected chi connectivity index (χ2v) is 7.77. The number of carbonyl (C=O) groups excluding carboxylic acids is 1. The van der Waals surface area contributed by atoms with E-state index in [4.69, 9.17) is 4.74 Å². The van der Waals surface area contributed by atoms with Gasteiger partial charge in [0.2, 0.25) is 0 Å². The summed E-state index contributed by atoms with van der Waals surface area (Å²) in [5, 5.41) is 0. The number of ether oxygens (including phenoxy) is 1. The first-order valence-corrected chi connectivity index (χ1v) is 7.22. The van der Waals surface area contributed by atoms with Gasteiger partial charge in [0.05, 0.1) is 11.9 Å². The Morgan fingerprint density at radius 1 is 1.17 bits per heavy atom. The largest absolute Gasteiger partial charge is 0.497 e. The molecule has 4 nitrogen and oxygen atoms in total. The van der Waals surface area contributed by atoms with Crippen molar-refractivity contribution in [3.8, 4) is 5.75 Å². The third-order valence-electron chi connectivity index (χ3n) is 2.67. The van der Waals surface area contributed by atoms with Gasteiger partial charge in [0.25, 0.3) is 0 Å². The first kappa shape index (κ1) is 14.7. The smallest absolute Gasteiger partial charge is 0.177 e. The van der Waals surface area contributed by atoms with Gasteiger partial charge in [0.15, 0.2) is 15.6 Å². The van der Waals surface area contributed by atoms with Crippen LogP contribution in [-0.2, 0) is 9.84 Å². The Labute approximate surface area is 108 Å². The van der Waals surface area contributed by atoms with E-state index in [0.717, 1.165) is 0 Å². The van der Waals surface area contributed by atoms with Gasteiger partial charge in [0.1, 0.15) is 11.5 Å². The van der Waals surface area contributed by atoms with Gasteiger partial charge in [-0.25, -0.2) is 8.42 Å². The van der Waals surface area contributed by atoms with Crippen molar-refractivity contribution in [3.63, 3.8) is 0 Å². The maximum Gasteiger partial charge on any atom is 0.177 e. The van der Waals surface area contributed by atoms with Crippen LogP contribution >= 0.6 is 0 Å². The molecule has 0 unspecified atom stereocenters. The summed E-state index contributed by atoms with van der Waals surface area (Å²) in [6, 6.07) is 6.41. The van der Waals surface area contributed by atoms with E-state index >= 15 is 0 Å². The third-order valence-corrected chi connectivity index (χ3v) is 5.17. The number of hydrogen-bond acceptors (Lipinski definition) is 4. The Morgan fingerprint density at radius 3 is 2.06 bits per heavy atom. The topological polar surface area (TPSA) is 60.4 Å². The number of benzene rings is 1. The fourth-order valence-electron chi connectivity index (χ4n) is 1.25. The van der Waals surface area contributed by atoms with E-state index in [-0.39, 0.29) is 0 Å². The lowest BCUT2D eigenvalue weighted by Gasteiger charge is -2.18. The Kier molecular flexibility index (Phi) is 4.16. The predicted octanol–water partition coefficient (Wildman–Crippen LogP) is 2.09. The molecular formula is C13H18O4S. The van der Waals surface area contributed by atoms with E-state index in [1.807, 2.05) is 0 Å². The van der Waals surface area contributed by atoms with E-state index in [1.165, 1.54) is 7.11 Å². The highest BCUT2D eigenvalue weighted by Crippen LogP contribution is 2.18. The van der Waals surface area contributed by atoms with Crippen molar-refractivity contribution in [2.75, 3.05) is 12.9 Å². The minimum absolute atomic E-state index is 0.378. The molecule has 100 valence electrons. The molecular weight excluding hydrogens is 252 g/mol. The summed E-state index contributed by atoms with van der Waals surface area (Å²) < 4.78 is 27.9. The van der Waals surface area contributed by atoms with Gasteiger partial charge < -0.3 is 4.74 Å². The van der Waals surface area contributed by atoms with Crippen LogP contribution in [0.2, 0.25) is 0 Å². The highest BCUT2D eigenvalue weighted by Gasteiger charge is 2.31. The number of ketones is 1. The molecule has 0 aliphatic rings. The average molecular weight is 270 g/mol. The highest BCUT2D eigenvalue weighted by atomic mass is 32.2. The molecule has 1 aromatic rings. The Bertz CT molecular complexity index is 521. The second-order valence-electron chi connectivity index (χ2n) is 5.02. The molecule has 0 amide bonds. The molecule has 0 bridgehead atoms. The van der Waals surface area contributed by atoms with Crippen molar-refractivity contribution in [2.24, 2.45) is 0 Å². The van der Waals surface area contributed by atoms with Gasteiger partial charge in [0, 0.05) is 5.56 Å². The van der Waals surface area contributed by atoms with Gasteiger partial charge in [-0.15, -0.1) is 0 Å². The van der Waals surface area contributed by atoms with Crippen LogP contribution in [0, 0.1) is 0 Å². The lowest BCUT2D eigenvalue weighted by atomic mass is 10.1. The molecule has 5 heteroatoms. The molecule has 0 heterocycles. The summed E-state index contributed by atoms with van der Waals surface area (Å²) >= 11 is 0. The Balaban J connectivity index is 2.89. The number of methoxy groups -OCH3 is 1. The molecule has 0 radical (unpaired) electrons. The monoisotopic (exact) mass is 270 g/mol. The van der Waals surface area contributed by atoms with Gasteiger partial charge in [-0.05, 0) is 45.0 Å². The normalized spacial score (nSPS) is 12.2. The quantitative estimate of drug-likeness (QED) is 0.786. The second kappa shape index (κ2) is 5.10. The maximum atomic E-state index is 11.9. The van der Waals surface area contributed by atoms with E-state index in [1.54, 1.807) is 45.0 Å². The molecule has 0 aliphatic heterocycles. The van der Waals surface area contributed by atoms with E-state index in [2.05, 4.69) is 0 Å². The fourth-order valence-corrected chi connectivity index (χ4v) is 2.19. The van der Waals surface area contributed by atoms with Crippen molar-refractivity contribution in [1.29, 1.82) is 0 Å². The Morgan fingerprint density at radius 2 is 1.67 bits per heavy atom. The lowest BCUT2D eigenvalue weighted by molar-refractivity contribution is 0.102. The minimum atomic E-state index is -3.44. The molecule has 0 saturated heterocycles. The summed E-state index contributed by atoms with van der Waals surface area (Å²) in [6.45, 7) is 4.76. The first-order valence-electron chi connectivity index (χ1n) is 5.57. The third kappa shape index (κ3) is 3.32. The van der Waals surface area contributed by atoms with E-state index in [9.17, 15) is 13.2 Å². The average Bonchev–Trinajstić information content (AvgIpc) is 2.27. The van der Waals surface area contributed by atoms with Crippen molar-refractivity contribution in [2.45, 2.75) is 25.5 Å². The zero-order chi connectivity index (χ0) is 14.0. The molecule has 0 spiro atoms. The maximum absolute atomic E-state index is 11.9. The number of sulfone groups is 1. The van der Waals surface area contributed by atoms with Crippen LogP contribution in [0.5, 0.6) is 5.75 Å². The Hall–Kier alpha value is -1.36. The van der Waals surface area contributed by atoms with Gasteiger partial charge in [-0.2, -0.15) is 0 Å². The number of carbonyl (C=O) groups is 1. The summed E-state index contributed by atoms with van der Waals surface area (Å²) in [5.41, 5.74) is 0.378. The molecule has 0 saturated carbocycles. The predicted molar refractivity (Wildman–Crippen MR) is 70.9 cm³/mol. The summed E-state index contributed by atoms with van der Waals surface area (Å²) in [7, 11) is -1.91. The molecule has 0 atom stereocenters. The zero-order valence-corrected chi connectivity index (χ0v) is 11.9. The number of Topliss-reactive ketones (excluding diaryl/α,β-unsaturated/α-hetero) is 1. The van der Waals surface area contributed by atoms with Gasteiger partial charge in [-0.3, -0.25) is 4.79 Å². The van der Waals surface area contributed by atoms with Crippen LogP contribution in [0.1, 0.15) is 31.1 Å². The minimum Gasteiger partial charge on any atom is -0.497 e. The summed E-state index contributed by atoms with van der Waals surface area (Å²) in [6.07, 6.45) is 0. The van der Waals surface area contributed by atoms with Crippen molar-refractivity contribution < 1.29 is 17.9 Å². The molecule has 0 aliphatic carbocycles. The van der Waals surface area contributed by atoms with Crippen molar-refractivity contribution in [1.82, 2.24) is 0 Å². The standard InChI is InChI=1S/C13H18O4S/c1-13(2,3)18(15,16)9-12(14)10-5-7-11(17-4)8-6-10/h5-8H,9H2,1-4H3. The van der Waals surface area contributed by atoms with Crippen LogP contribution in [0.3, 0.4) is 0 Å². The molecule has 1 rings (SSSR count). The number of rotatable bonds is 4. The van der Waals surface area contributed by atoms with E-state index in [0.29, 0.717) is 11.3 Å². The van der Waals surface area contributed by atoms with Gasteiger partial charge >= 0.3 is 0 Å². The van der Waals surface area contributed by atoms with Gasteiger partial charge in [-0.1, -0.05) is 0 Å². The van der Waals surface area contributed by atoms with Crippen LogP contribution in [-0.4, -0.2) is 31.8 Å².